The number of aliphatic hydroxyl groups is 2. The number of amides is 1. The number of rotatable bonds is 40. The molecule has 3 atom stereocenters. The van der Waals surface area contributed by atoms with Crippen molar-refractivity contribution in [2.45, 2.75) is 206 Å². The largest absolute Gasteiger partial charge is 0.462 e. The Bertz CT molecular complexity index is 1240. The molecule has 0 aliphatic rings. The van der Waals surface area contributed by atoms with Crippen molar-refractivity contribution < 1.29 is 24.5 Å². The molecule has 0 aliphatic heterocycles. The Labute approximate surface area is 362 Å². The van der Waals surface area contributed by atoms with Crippen LogP contribution in [0.2, 0.25) is 0 Å². The zero-order valence-electron chi connectivity index (χ0n) is 37.8. The minimum absolute atomic E-state index is 0.00490. The Morgan fingerprint density at radius 2 is 1.00 bits per heavy atom. The maximum absolute atomic E-state index is 13.1. The SMILES string of the molecule is CC/C=C/C=C/C=C\C=C/CCCC(CC(=O)NC(CO)C(O)CCCCCCCCCCCCCCC)OC(=O)CC/C=C/C/C=C/C/C=C/C/C=C/C/C=C/CC. The number of carbonyl (C=O) groups excluding carboxylic acids is 2. The molecule has 334 valence electrons. The first-order valence-corrected chi connectivity index (χ1v) is 23.7. The number of carbonyl (C=O) groups is 2. The minimum Gasteiger partial charge on any atom is -0.462 e. The lowest BCUT2D eigenvalue weighted by Gasteiger charge is -2.24. The molecule has 0 fully saturated rings. The predicted octanol–water partition coefficient (Wildman–Crippen LogP) is 13.9. The van der Waals surface area contributed by atoms with E-state index in [4.69, 9.17) is 4.74 Å². The molecule has 0 saturated carbocycles. The number of allylic oxidation sites excluding steroid dienone is 18. The van der Waals surface area contributed by atoms with E-state index in [1.165, 1.54) is 64.2 Å². The third-order valence-electron chi connectivity index (χ3n) is 9.96. The number of ether oxygens (including phenoxy) is 1. The quantitative estimate of drug-likeness (QED) is 0.0248. The van der Waals surface area contributed by atoms with E-state index in [1.807, 2.05) is 42.5 Å². The summed E-state index contributed by atoms with van der Waals surface area (Å²) in [5, 5.41) is 23.6. The summed E-state index contributed by atoms with van der Waals surface area (Å²) in [7, 11) is 0. The first-order valence-electron chi connectivity index (χ1n) is 23.7. The number of nitrogens with one attached hydrogen (secondary N) is 1. The number of esters is 1. The standard InChI is InChI=1S/C53H87NO5/c1-4-7-10-13-16-19-22-24-25-26-28-31-34-37-40-43-46-53(58)59-49(44-41-38-35-32-29-21-18-15-12-9-6-3)47-52(57)54-50(48-55)51(56)45-42-39-36-33-30-27-23-20-17-14-11-8-5-2/h7,9-10,12,15-16,18-19,21,24-25,28-29,31-32,35,37,40,49-51,55-56H,4-6,8,11,13-14,17,20,22-23,26-27,30,33-34,36,38-39,41-48H2,1-3H3,(H,54,57)/b10-7+,12-9+,18-15+,19-16+,25-24+,29-21-,31-28+,35-32-,40-37+. The van der Waals surface area contributed by atoms with Crippen LogP contribution in [0.25, 0.3) is 0 Å². The average Bonchev–Trinajstić information content (AvgIpc) is 3.23. The fourth-order valence-corrected chi connectivity index (χ4v) is 6.44. The zero-order chi connectivity index (χ0) is 43.1. The summed E-state index contributed by atoms with van der Waals surface area (Å²) in [6, 6.07) is -0.743. The van der Waals surface area contributed by atoms with Crippen molar-refractivity contribution in [2.24, 2.45) is 0 Å². The molecule has 0 spiro atoms. The summed E-state index contributed by atoms with van der Waals surface area (Å²) < 4.78 is 5.82. The highest BCUT2D eigenvalue weighted by atomic mass is 16.5. The van der Waals surface area contributed by atoms with E-state index in [-0.39, 0.29) is 31.3 Å². The van der Waals surface area contributed by atoms with Gasteiger partial charge in [0, 0.05) is 6.42 Å². The van der Waals surface area contributed by atoms with Crippen LogP contribution < -0.4 is 5.32 Å². The number of unbranched alkanes of at least 4 members (excludes halogenated alkanes) is 13. The van der Waals surface area contributed by atoms with E-state index in [2.05, 4.69) is 92.9 Å². The van der Waals surface area contributed by atoms with Crippen molar-refractivity contribution in [3.05, 3.63) is 109 Å². The van der Waals surface area contributed by atoms with E-state index < -0.39 is 18.2 Å². The lowest BCUT2D eigenvalue weighted by atomic mass is 10.0. The molecule has 3 N–H and O–H groups in total. The lowest BCUT2D eigenvalue weighted by molar-refractivity contribution is -0.150. The van der Waals surface area contributed by atoms with E-state index >= 15 is 0 Å². The van der Waals surface area contributed by atoms with Crippen LogP contribution in [-0.4, -0.2) is 46.9 Å². The van der Waals surface area contributed by atoms with Crippen molar-refractivity contribution in [3.63, 3.8) is 0 Å². The molecule has 0 radical (unpaired) electrons. The zero-order valence-corrected chi connectivity index (χ0v) is 37.8. The first kappa shape index (κ1) is 55.5. The van der Waals surface area contributed by atoms with Crippen LogP contribution in [0, 0.1) is 0 Å². The van der Waals surface area contributed by atoms with E-state index in [0.717, 1.165) is 70.6 Å². The molecule has 59 heavy (non-hydrogen) atoms. The summed E-state index contributed by atoms with van der Waals surface area (Å²) in [5.41, 5.74) is 0. The molecular weight excluding hydrogens is 731 g/mol. The third kappa shape index (κ3) is 41.1. The molecule has 0 bridgehead atoms. The highest BCUT2D eigenvalue weighted by Gasteiger charge is 2.23. The second-order valence-corrected chi connectivity index (χ2v) is 15.5. The first-order chi connectivity index (χ1) is 29.0. The molecule has 6 heteroatoms. The van der Waals surface area contributed by atoms with Gasteiger partial charge < -0.3 is 20.3 Å². The van der Waals surface area contributed by atoms with Gasteiger partial charge >= 0.3 is 5.97 Å². The normalized spacial score (nSPS) is 14.3. The smallest absolute Gasteiger partial charge is 0.306 e. The van der Waals surface area contributed by atoms with E-state index in [9.17, 15) is 19.8 Å². The van der Waals surface area contributed by atoms with Crippen molar-refractivity contribution in [1.29, 1.82) is 0 Å². The van der Waals surface area contributed by atoms with Gasteiger partial charge in [0.05, 0.1) is 25.2 Å². The molecule has 0 aromatic carbocycles. The minimum atomic E-state index is -0.822. The maximum atomic E-state index is 13.1. The van der Waals surface area contributed by atoms with Crippen LogP contribution in [0.15, 0.2) is 109 Å². The van der Waals surface area contributed by atoms with Gasteiger partial charge in [0.1, 0.15) is 6.10 Å². The maximum Gasteiger partial charge on any atom is 0.306 e. The number of hydrogen-bond donors (Lipinski definition) is 3. The summed E-state index contributed by atoms with van der Waals surface area (Å²) in [4.78, 5) is 26.0. The van der Waals surface area contributed by atoms with Gasteiger partial charge in [-0.3, -0.25) is 9.59 Å². The Hall–Kier alpha value is -3.48. The van der Waals surface area contributed by atoms with Crippen LogP contribution >= 0.6 is 0 Å². The molecule has 0 aliphatic carbocycles. The third-order valence-corrected chi connectivity index (χ3v) is 9.96. The van der Waals surface area contributed by atoms with E-state index in [0.29, 0.717) is 19.3 Å². The van der Waals surface area contributed by atoms with Crippen LogP contribution in [0.5, 0.6) is 0 Å². The van der Waals surface area contributed by atoms with Crippen LogP contribution in [0.4, 0.5) is 0 Å². The Morgan fingerprint density at radius 3 is 1.53 bits per heavy atom. The molecular formula is C53H87NO5. The lowest BCUT2D eigenvalue weighted by Crippen LogP contribution is -2.46. The van der Waals surface area contributed by atoms with Crippen LogP contribution in [-0.2, 0) is 14.3 Å². The number of aliphatic hydroxyl groups excluding tert-OH is 2. The van der Waals surface area contributed by atoms with Crippen molar-refractivity contribution >= 4 is 11.9 Å². The summed E-state index contributed by atoms with van der Waals surface area (Å²) in [6.45, 7) is 6.16. The molecule has 0 heterocycles. The Morgan fingerprint density at radius 1 is 0.525 bits per heavy atom. The monoisotopic (exact) mass is 818 g/mol. The van der Waals surface area contributed by atoms with E-state index in [1.54, 1.807) is 0 Å². The summed E-state index contributed by atoms with van der Waals surface area (Å²) in [5.74, 6) is -0.654. The molecule has 0 saturated heterocycles. The summed E-state index contributed by atoms with van der Waals surface area (Å²) in [6.07, 6.45) is 61.6. The van der Waals surface area contributed by atoms with Gasteiger partial charge in [0.25, 0.3) is 0 Å². The van der Waals surface area contributed by atoms with Crippen molar-refractivity contribution in [2.75, 3.05) is 6.61 Å². The second-order valence-electron chi connectivity index (χ2n) is 15.5. The average molecular weight is 818 g/mol. The summed E-state index contributed by atoms with van der Waals surface area (Å²) >= 11 is 0. The van der Waals surface area contributed by atoms with Gasteiger partial charge in [0.2, 0.25) is 5.91 Å². The fraction of sp³-hybridized carbons (Fsp3) is 0.623. The Kier molecular flexibility index (Phi) is 42.9. The van der Waals surface area contributed by atoms with Crippen LogP contribution in [0.1, 0.15) is 188 Å². The van der Waals surface area contributed by atoms with Gasteiger partial charge in [-0.25, -0.2) is 0 Å². The van der Waals surface area contributed by atoms with Gasteiger partial charge in [-0.15, -0.1) is 0 Å². The molecule has 3 unspecified atom stereocenters. The van der Waals surface area contributed by atoms with Crippen LogP contribution in [0.3, 0.4) is 0 Å². The van der Waals surface area contributed by atoms with Crippen molar-refractivity contribution in [3.8, 4) is 0 Å². The molecule has 6 nitrogen and oxygen atoms in total. The molecule has 1 amide bonds. The van der Waals surface area contributed by atoms with Gasteiger partial charge in [0.15, 0.2) is 0 Å². The van der Waals surface area contributed by atoms with Gasteiger partial charge in [-0.05, 0) is 70.6 Å². The van der Waals surface area contributed by atoms with Gasteiger partial charge in [-0.2, -0.15) is 0 Å². The Balaban J connectivity index is 4.77. The predicted molar refractivity (Wildman–Crippen MR) is 254 cm³/mol. The number of hydrogen-bond acceptors (Lipinski definition) is 5. The fourth-order valence-electron chi connectivity index (χ4n) is 6.44. The highest BCUT2D eigenvalue weighted by Crippen LogP contribution is 2.16. The van der Waals surface area contributed by atoms with Gasteiger partial charge in [-0.1, -0.05) is 214 Å². The van der Waals surface area contributed by atoms with Crippen molar-refractivity contribution in [1.82, 2.24) is 5.32 Å². The molecule has 0 aromatic rings. The topological polar surface area (TPSA) is 95.9 Å². The second kappa shape index (κ2) is 45.6. The highest BCUT2D eigenvalue weighted by molar-refractivity contribution is 5.77. The molecule has 0 rings (SSSR count). The molecule has 0 aromatic heterocycles.